The molecular formula is C67H124N+. The Balaban J connectivity index is 2.43. The Morgan fingerprint density at radius 2 is 0.441 bits per heavy atom. The third kappa shape index (κ3) is 46.8. The Morgan fingerprint density at radius 1 is 0.250 bits per heavy atom. The van der Waals surface area contributed by atoms with Crippen LogP contribution in [0, 0.1) is 0 Å². The first-order chi connectivity index (χ1) is 33.8. The Labute approximate surface area is 430 Å². The van der Waals surface area contributed by atoms with E-state index in [2.05, 4.69) is 87.6 Å². The van der Waals surface area contributed by atoms with Crippen molar-refractivity contribution in [1.82, 2.24) is 0 Å². The van der Waals surface area contributed by atoms with E-state index in [1.54, 1.807) is 5.56 Å². The van der Waals surface area contributed by atoms with Crippen LogP contribution in [0.2, 0.25) is 0 Å². The van der Waals surface area contributed by atoms with Crippen LogP contribution in [-0.2, 0) is 6.54 Å². The molecular weight excluding hydrogens is 819 g/mol. The molecule has 0 aromatic heterocycles. The molecule has 68 heavy (non-hydrogen) atoms. The van der Waals surface area contributed by atoms with E-state index in [4.69, 9.17) is 0 Å². The van der Waals surface area contributed by atoms with E-state index in [-0.39, 0.29) is 0 Å². The van der Waals surface area contributed by atoms with Crippen LogP contribution in [0.15, 0.2) is 66.8 Å². The minimum Gasteiger partial charge on any atom is -0.320 e. The van der Waals surface area contributed by atoms with Crippen LogP contribution >= 0.6 is 0 Å². The topological polar surface area (TPSA) is 0 Å². The molecule has 0 unspecified atom stereocenters. The predicted octanol–water partition coefficient (Wildman–Crippen LogP) is 23.5. The molecule has 0 radical (unpaired) electrons. The van der Waals surface area contributed by atoms with Crippen LogP contribution in [0.3, 0.4) is 0 Å². The highest BCUT2D eigenvalue weighted by molar-refractivity contribution is 5.13. The van der Waals surface area contributed by atoms with E-state index < -0.39 is 0 Å². The van der Waals surface area contributed by atoms with Crippen molar-refractivity contribution in [3.8, 4) is 0 Å². The van der Waals surface area contributed by atoms with E-state index >= 15 is 0 Å². The van der Waals surface area contributed by atoms with Crippen LogP contribution in [0.4, 0.5) is 0 Å². The van der Waals surface area contributed by atoms with Crippen molar-refractivity contribution in [3.05, 3.63) is 72.4 Å². The minimum atomic E-state index is 1.25. The highest BCUT2D eigenvalue weighted by Crippen LogP contribution is 2.24. The summed E-state index contributed by atoms with van der Waals surface area (Å²) in [5, 5.41) is 0. The number of quaternary nitrogens is 1. The molecule has 0 amide bonds. The second-order valence-corrected chi connectivity index (χ2v) is 22.1. The summed E-state index contributed by atoms with van der Waals surface area (Å²) in [7, 11) is 0. The summed E-state index contributed by atoms with van der Waals surface area (Å²) in [6.07, 6.45) is 82.7. The van der Waals surface area contributed by atoms with Gasteiger partial charge in [-0.25, -0.2) is 0 Å². The zero-order valence-electron chi connectivity index (χ0n) is 47.1. The Kier molecular flexibility index (Phi) is 51.8. The van der Waals surface area contributed by atoms with Gasteiger partial charge < -0.3 is 4.48 Å². The normalized spacial score (nSPS) is 12.3. The van der Waals surface area contributed by atoms with Crippen LogP contribution < -0.4 is 0 Å². The standard InChI is InChI=1S/C67H124N/c1-4-7-10-13-16-19-22-25-28-31-34-37-40-43-46-49-52-58-63-68(66-67-61-56-55-57-62-67,64-59-53-50-47-44-41-38-35-32-29-26-23-20-17-14-11-8-5-2)65-60-54-51-48-45-42-39-36-33-30-27-24-21-18-15-12-9-6-3/h4-9,55-57,61-62H,10-54,58-60,63-66H2,1-3H3/q+1/b7-4+,8-5+,9-6+. The van der Waals surface area contributed by atoms with Gasteiger partial charge in [-0.15, -0.1) is 0 Å². The van der Waals surface area contributed by atoms with Crippen LogP contribution in [-0.4, -0.2) is 24.1 Å². The van der Waals surface area contributed by atoms with Gasteiger partial charge in [0.05, 0.1) is 19.6 Å². The Morgan fingerprint density at radius 3 is 0.647 bits per heavy atom. The van der Waals surface area contributed by atoms with Gasteiger partial charge >= 0.3 is 0 Å². The van der Waals surface area contributed by atoms with Crippen molar-refractivity contribution in [3.63, 3.8) is 0 Å². The van der Waals surface area contributed by atoms with E-state index in [0.717, 1.165) is 0 Å². The van der Waals surface area contributed by atoms with Crippen molar-refractivity contribution in [1.29, 1.82) is 0 Å². The number of nitrogens with zero attached hydrogens (tertiary/aromatic N) is 1. The monoisotopic (exact) mass is 943 g/mol. The summed E-state index contributed by atoms with van der Waals surface area (Å²) in [4.78, 5) is 0. The van der Waals surface area contributed by atoms with Crippen LogP contribution in [0.5, 0.6) is 0 Å². The molecule has 0 N–H and O–H groups in total. The summed E-state index contributed by atoms with van der Waals surface area (Å²) in [6, 6.07) is 11.7. The number of rotatable bonds is 56. The van der Waals surface area contributed by atoms with Gasteiger partial charge in [-0.3, -0.25) is 0 Å². The van der Waals surface area contributed by atoms with Crippen LogP contribution in [0.25, 0.3) is 0 Å². The molecule has 1 nitrogen and oxygen atoms in total. The van der Waals surface area contributed by atoms with Gasteiger partial charge in [-0.05, 0) is 97.8 Å². The lowest BCUT2D eigenvalue weighted by Gasteiger charge is -2.39. The fourth-order valence-corrected chi connectivity index (χ4v) is 11.1. The summed E-state index contributed by atoms with van der Waals surface area (Å²) < 4.78 is 1.35. The Hall–Kier alpha value is -1.60. The number of benzene rings is 1. The van der Waals surface area contributed by atoms with Gasteiger partial charge in [0.1, 0.15) is 6.54 Å². The summed E-state index contributed by atoms with van der Waals surface area (Å²) >= 11 is 0. The molecule has 0 saturated heterocycles. The number of allylic oxidation sites excluding steroid dienone is 6. The molecule has 1 aromatic rings. The molecule has 0 spiro atoms. The lowest BCUT2D eigenvalue weighted by Crippen LogP contribution is -2.49. The molecule has 0 aliphatic carbocycles. The third-order valence-corrected chi connectivity index (χ3v) is 15.6. The number of unbranched alkanes of at least 4 members (excludes halogenated alkanes) is 45. The van der Waals surface area contributed by atoms with Gasteiger partial charge in [0.2, 0.25) is 0 Å². The molecule has 1 aromatic carbocycles. The lowest BCUT2D eigenvalue weighted by atomic mass is 10.0. The maximum atomic E-state index is 2.43. The van der Waals surface area contributed by atoms with Gasteiger partial charge in [-0.1, -0.05) is 298 Å². The zero-order valence-corrected chi connectivity index (χ0v) is 47.1. The smallest absolute Gasteiger partial charge is 0.104 e. The average Bonchev–Trinajstić information content (AvgIpc) is 3.35. The van der Waals surface area contributed by atoms with Gasteiger partial charge in [-0.2, -0.15) is 0 Å². The van der Waals surface area contributed by atoms with E-state index in [9.17, 15) is 0 Å². The second-order valence-electron chi connectivity index (χ2n) is 22.1. The molecule has 0 saturated carbocycles. The van der Waals surface area contributed by atoms with Crippen molar-refractivity contribution >= 4 is 0 Å². The molecule has 0 bridgehead atoms. The molecule has 1 heteroatoms. The first-order valence-electron chi connectivity index (χ1n) is 31.5. The Bertz CT molecular complexity index is 1050. The highest BCUT2D eigenvalue weighted by Gasteiger charge is 2.27. The van der Waals surface area contributed by atoms with Crippen molar-refractivity contribution in [2.24, 2.45) is 0 Å². The molecule has 0 aliphatic rings. The maximum Gasteiger partial charge on any atom is 0.104 e. The third-order valence-electron chi connectivity index (χ3n) is 15.6. The molecule has 0 atom stereocenters. The van der Waals surface area contributed by atoms with Gasteiger partial charge in [0.15, 0.2) is 0 Å². The zero-order chi connectivity index (χ0) is 48.6. The maximum absolute atomic E-state index is 2.43. The molecule has 0 heterocycles. The summed E-state index contributed by atoms with van der Waals surface area (Å²) in [5.74, 6) is 0. The largest absolute Gasteiger partial charge is 0.320 e. The fourth-order valence-electron chi connectivity index (χ4n) is 11.1. The molecule has 396 valence electrons. The number of hydrogen-bond donors (Lipinski definition) is 0. The van der Waals surface area contributed by atoms with E-state index in [0.29, 0.717) is 0 Å². The van der Waals surface area contributed by atoms with E-state index in [1.165, 1.54) is 339 Å². The highest BCUT2D eigenvalue weighted by atomic mass is 15.3. The lowest BCUT2D eigenvalue weighted by molar-refractivity contribution is -0.941. The minimum absolute atomic E-state index is 1.25. The predicted molar refractivity (Wildman–Crippen MR) is 311 cm³/mol. The first-order valence-corrected chi connectivity index (χ1v) is 31.5. The van der Waals surface area contributed by atoms with E-state index in [1.807, 2.05) is 0 Å². The van der Waals surface area contributed by atoms with Crippen LogP contribution in [0.1, 0.15) is 335 Å². The van der Waals surface area contributed by atoms with Crippen molar-refractivity contribution in [2.45, 2.75) is 336 Å². The number of hydrogen-bond acceptors (Lipinski definition) is 0. The molecule has 1 rings (SSSR count). The second kappa shape index (κ2) is 54.7. The quantitative estimate of drug-likeness (QED) is 0.0347. The van der Waals surface area contributed by atoms with Crippen molar-refractivity contribution in [2.75, 3.05) is 19.6 Å². The van der Waals surface area contributed by atoms with Gasteiger partial charge in [0, 0.05) is 5.56 Å². The summed E-state index contributed by atoms with van der Waals surface area (Å²) in [5.41, 5.74) is 1.58. The van der Waals surface area contributed by atoms with Gasteiger partial charge in [0.25, 0.3) is 0 Å². The average molecular weight is 944 g/mol. The first kappa shape index (κ1) is 64.4. The van der Waals surface area contributed by atoms with Crippen molar-refractivity contribution < 1.29 is 4.48 Å². The SMILES string of the molecule is C/C=C/CCCCCCCCCCCCCCCCC[N+](CCCCCCCCCCCCCCCCC/C=C/C)(CCCCCCCCCCCCCCCCC/C=C/C)Cc1ccccc1. The molecule has 0 aliphatic heterocycles. The summed E-state index contributed by atoms with van der Waals surface area (Å²) in [6.45, 7) is 11.9. The fraction of sp³-hybridized carbons (Fsp3) is 0.821. The molecule has 0 fully saturated rings.